The van der Waals surface area contributed by atoms with Crippen molar-refractivity contribution in [3.8, 4) is 0 Å². The van der Waals surface area contributed by atoms with Crippen LogP contribution in [0, 0.1) is 11.7 Å². The van der Waals surface area contributed by atoms with E-state index in [1.54, 1.807) is 41.3 Å². The molecule has 1 aromatic heterocycles. The van der Waals surface area contributed by atoms with Crippen LogP contribution in [-0.4, -0.2) is 44.5 Å². The van der Waals surface area contributed by atoms with Crippen molar-refractivity contribution < 1.29 is 18.8 Å². The standard InChI is InChI=1S/C25H25ClFN5O3/c26-18-6-3-4-15(21(18)27)12-29-25(35)23-14-8-10-16(11-9-14)32(23)20(33)13-31-19-7-2-1-5-17(19)22(30-31)24(28)34/h1-7,14,16,23H,8-13H2,(H2,28,34)(H,29,35)/t14?,16?,23-/m1/s1. The van der Waals surface area contributed by atoms with Crippen molar-refractivity contribution in [2.24, 2.45) is 11.7 Å². The average Bonchev–Trinajstić information content (AvgIpc) is 3.23. The molecule has 3 amide bonds. The fourth-order valence-electron chi connectivity index (χ4n) is 5.46. The van der Waals surface area contributed by atoms with Gasteiger partial charge in [-0.25, -0.2) is 4.39 Å². The maximum absolute atomic E-state index is 14.3. The lowest BCUT2D eigenvalue weighted by Gasteiger charge is -2.50. The topological polar surface area (TPSA) is 110 Å². The predicted molar refractivity (Wildman–Crippen MR) is 128 cm³/mol. The number of carbonyl (C=O) groups excluding carboxylic acids is 3. The van der Waals surface area contributed by atoms with Gasteiger partial charge in [0, 0.05) is 23.5 Å². The van der Waals surface area contributed by atoms with E-state index < -0.39 is 17.8 Å². The van der Waals surface area contributed by atoms with Crippen molar-refractivity contribution in [2.45, 2.75) is 50.9 Å². The highest BCUT2D eigenvalue weighted by molar-refractivity contribution is 6.30. The Balaban J connectivity index is 1.38. The smallest absolute Gasteiger partial charge is 0.269 e. The van der Waals surface area contributed by atoms with Gasteiger partial charge in [0.2, 0.25) is 11.8 Å². The van der Waals surface area contributed by atoms with Gasteiger partial charge >= 0.3 is 0 Å². The lowest BCUT2D eigenvalue weighted by atomic mass is 9.74. The third-order valence-electron chi connectivity index (χ3n) is 7.10. The van der Waals surface area contributed by atoms with Gasteiger partial charge < -0.3 is 16.0 Å². The van der Waals surface area contributed by atoms with Crippen LogP contribution in [-0.2, 0) is 22.7 Å². The number of nitrogens with two attached hydrogens (primary N) is 1. The van der Waals surface area contributed by atoms with E-state index in [1.165, 1.54) is 10.7 Å². The highest BCUT2D eigenvalue weighted by Gasteiger charge is 2.47. The molecule has 3 fully saturated rings. The molecule has 1 saturated carbocycles. The number of benzene rings is 2. The largest absolute Gasteiger partial charge is 0.364 e. The van der Waals surface area contributed by atoms with E-state index in [9.17, 15) is 18.8 Å². The van der Waals surface area contributed by atoms with Gasteiger partial charge in [-0.1, -0.05) is 41.9 Å². The summed E-state index contributed by atoms with van der Waals surface area (Å²) in [7, 11) is 0. The van der Waals surface area contributed by atoms with Gasteiger partial charge in [0.1, 0.15) is 18.4 Å². The van der Waals surface area contributed by atoms with E-state index in [4.69, 9.17) is 17.3 Å². The Labute approximate surface area is 206 Å². The molecule has 2 aliphatic heterocycles. The summed E-state index contributed by atoms with van der Waals surface area (Å²) < 4.78 is 15.8. The zero-order chi connectivity index (χ0) is 24.7. The SMILES string of the molecule is NC(=O)c1nn(CC(=O)N2C3CCC(CC3)[C@@H]2C(=O)NCc2cccc(Cl)c2F)c2ccccc12. The second-order valence-electron chi connectivity index (χ2n) is 9.13. The maximum atomic E-state index is 14.3. The third kappa shape index (κ3) is 4.25. The first kappa shape index (κ1) is 23.3. The number of nitrogens with one attached hydrogen (secondary N) is 1. The molecule has 1 aliphatic carbocycles. The van der Waals surface area contributed by atoms with Gasteiger partial charge in [-0.15, -0.1) is 0 Å². The summed E-state index contributed by atoms with van der Waals surface area (Å²) in [5.74, 6) is -1.77. The fourth-order valence-corrected chi connectivity index (χ4v) is 5.65. The molecule has 3 aromatic rings. The molecule has 3 N–H and O–H groups in total. The van der Waals surface area contributed by atoms with Crippen molar-refractivity contribution in [1.82, 2.24) is 20.0 Å². The van der Waals surface area contributed by atoms with Crippen molar-refractivity contribution >= 4 is 40.2 Å². The lowest BCUT2D eigenvalue weighted by molar-refractivity contribution is -0.154. The molecule has 0 unspecified atom stereocenters. The minimum Gasteiger partial charge on any atom is -0.364 e. The van der Waals surface area contributed by atoms with Crippen LogP contribution in [0.1, 0.15) is 41.7 Å². The molecule has 35 heavy (non-hydrogen) atoms. The molecule has 3 aliphatic rings. The Morgan fingerprint density at radius 3 is 2.57 bits per heavy atom. The summed E-state index contributed by atoms with van der Waals surface area (Å²) in [4.78, 5) is 40.4. The number of rotatable bonds is 6. The van der Waals surface area contributed by atoms with Gasteiger partial charge in [0.25, 0.3) is 5.91 Å². The molecular formula is C25H25ClFN5O3. The second-order valence-corrected chi connectivity index (χ2v) is 9.54. The first-order valence-corrected chi connectivity index (χ1v) is 12.0. The van der Waals surface area contributed by atoms with Crippen LogP contribution in [0.5, 0.6) is 0 Å². The Bertz CT molecular complexity index is 1320. The number of nitrogens with zero attached hydrogens (tertiary/aromatic N) is 3. The monoisotopic (exact) mass is 497 g/mol. The highest BCUT2D eigenvalue weighted by Crippen LogP contribution is 2.40. The normalized spacial score (nSPS) is 21.3. The van der Waals surface area contributed by atoms with Crippen molar-refractivity contribution in [1.29, 1.82) is 0 Å². The third-order valence-corrected chi connectivity index (χ3v) is 7.39. The van der Waals surface area contributed by atoms with Gasteiger partial charge in [-0.2, -0.15) is 5.10 Å². The number of fused-ring (bicyclic) bond motifs is 4. The Kier molecular flexibility index (Phi) is 6.19. The van der Waals surface area contributed by atoms with E-state index >= 15 is 0 Å². The fraction of sp³-hybridized carbons (Fsp3) is 0.360. The molecule has 1 atom stereocenters. The number of amides is 3. The first-order valence-electron chi connectivity index (χ1n) is 11.6. The van der Waals surface area contributed by atoms with Crippen molar-refractivity contribution in [3.63, 3.8) is 0 Å². The number of halogens is 2. The molecule has 2 bridgehead atoms. The Morgan fingerprint density at radius 1 is 1.09 bits per heavy atom. The number of carbonyl (C=O) groups is 3. The minimum absolute atomic E-state index is 0.00736. The number of aromatic nitrogens is 2. The lowest BCUT2D eigenvalue weighted by Crippen LogP contribution is -2.63. The number of hydrogen-bond acceptors (Lipinski definition) is 4. The summed E-state index contributed by atoms with van der Waals surface area (Å²) in [5.41, 5.74) is 6.49. The molecule has 2 aromatic carbocycles. The number of primary amides is 1. The molecule has 0 radical (unpaired) electrons. The predicted octanol–water partition coefficient (Wildman–Crippen LogP) is 3.01. The quantitative estimate of drug-likeness (QED) is 0.545. The van der Waals surface area contributed by atoms with E-state index in [-0.39, 0.29) is 53.1 Å². The molecule has 6 rings (SSSR count). The highest BCUT2D eigenvalue weighted by atomic mass is 35.5. The van der Waals surface area contributed by atoms with Crippen LogP contribution in [0.2, 0.25) is 5.02 Å². The minimum atomic E-state index is -0.671. The van der Waals surface area contributed by atoms with Crippen molar-refractivity contribution in [3.05, 3.63) is 64.6 Å². The van der Waals surface area contributed by atoms with Gasteiger partial charge in [-0.3, -0.25) is 19.1 Å². The molecular weight excluding hydrogens is 473 g/mol. The van der Waals surface area contributed by atoms with Crippen LogP contribution in [0.15, 0.2) is 42.5 Å². The van der Waals surface area contributed by atoms with Crippen molar-refractivity contribution in [2.75, 3.05) is 0 Å². The van der Waals surface area contributed by atoms with Gasteiger partial charge in [0.15, 0.2) is 5.69 Å². The molecule has 10 heteroatoms. The first-order chi connectivity index (χ1) is 16.8. The summed E-state index contributed by atoms with van der Waals surface area (Å²) in [6.07, 6.45) is 3.37. The summed E-state index contributed by atoms with van der Waals surface area (Å²) in [5, 5.41) is 7.66. The van der Waals surface area contributed by atoms with Crippen LogP contribution < -0.4 is 11.1 Å². The average molecular weight is 498 g/mol. The Hall–Kier alpha value is -3.46. The Morgan fingerprint density at radius 2 is 1.83 bits per heavy atom. The molecule has 182 valence electrons. The van der Waals surface area contributed by atoms with Crippen LogP contribution in [0.4, 0.5) is 4.39 Å². The zero-order valence-electron chi connectivity index (χ0n) is 18.9. The molecule has 2 saturated heterocycles. The van der Waals surface area contributed by atoms with Crippen LogP contribution in [0.3, 0.4) is 0 Å². The van der Waals surface area contributed by atoms with E-state index in [1.807, 2.05) is 0 Å². The zero-order valence-corrected chi connectivity index (χ0v) is 19.7. The van der Waals surface area contributed by atoms with Gasteiger partial charge in [0.05, 0.1) is 10.5 Å². The maximum Gasteiger partial charge on any atom is 0.269 e. The molecule has 0 spiro atoms. The van der Waals surface area contributed by atoms with E-state index in [2.05, 4.69) is 10.4 Å². The summed E-state index contributed by atoms with van der Waals surface area (Å²) >= 11 is 5.86. The molecule has 3 heterocycles. The van der Waals surface area contributed by atoms with Crippen LogP contribution in [0.25, 0.3) is 10.9 Å². The number of hydrogen-bond donors (Lipinski definition) is 2. The summed E-state index contributed by atoms with van der Waals surface area (Å²) in [6.45, 7) is -0.142. The van der Waals surface area contributed by atoms with Gasteiger partial charge in [-0.05, 0) is 43.7 Å². The molecule has 8 nitrogen and oxygen atoms in total. The number of piperidine rings is 2. The van der Waals surface area contributed by atoms with Crippen LogP contribution >= 0.6 is 11.6 Å². The number of para-hydroxylation sites is 1. The van der Waals surface area contributed by atoms with E-state index in [0.717, 1.165) is 25.7 Å². The second kappa shape index (κ2) is 9.30. The summed E-state index contributed by atoms with van der Waals surface area (Å²) in [6, 6.07) is 11.0. The van der Waals surface area contributed by atoms with E-state index in [0.29, 0.717) is 10.9 Å².